The highest BCUT2D eigenvalue weighted by atomic mass is 19.1. The predicted molar refractivity (Wildman–Crippen MR) is 130 cm³/mol. The van der Waals surface area contributed by atoms with Crippen LogP contribution in [0.1, 0.15) is 46.9 Å². The molecule has 0 fully saturated rings. The number of rotatable bonds is 10. The maximum Gasteiger partial charge on any atom is 0.286 e. The molecule has 188 valence electrons. The Balaban J connectivity index is 1.45. The van der Waals surface area contributed by atoms with Crippen molar-refractivity contribution in [2.24, 2.45) is 5.92 Å². The Labute approximate surface area is 208 Å². The third-order valence-corrected chi connectivity index (χ3v) is 5.61. The summed E-state index contributed by atoms with van der Waals surface area (Å²) in [7, 11) is 0. The van der Waals surface area contributed by atoms with Crippen LogP contribution in [0.4, 0.5) is 10.1 Å². The molecule has 36 heavy (non-hydrogen) atoms. The zero-order valence-corrected chi connectivity index (χ0v) is 20.1. The minimum atomic E-state index is -0.399. The van der Waals surface area contributed by atoms with E-state index in [1.54, 1.807) is 30.3 Å². The number of carbonyl (C=O) groups is 3. The van der Waals surface area contributed by atoms with Crippen molar-refractivity contribution in [3.05, 3.63) is 77.5 Å². The van der Waals surface area contributed by atoms with Crippen LogP contribution in [0.25, 0.3) is 0 Å². The van der Waals surface area contributed by atoms with Crippen molar-refractivity contribution >= 4 is 23.3 Å². The molecule has 1 aliphatic rings. The highest BCUT2D eigenvalue weighted by molar-refractivity contribution is 6.02. The van der Waals surface area contributed by atoms with Gasteiger partial charge < -0.3 is 19.2 Å². The van der Waals surface area contributed by atoms with Gasteiger partial charge >= 0.3 is 0 Å². The van der Waals surface area contributed by atoms with Gasteiger partial charge in [-0.2, -0.15) is 0 Å². The normalized spacial score (nSPS) is 12.8. The number of amides is 2. The van der Waals surface area contributed by atoms with E-state index in [0.29, 0.717) is 41.0 Å². The molecule has 4 rings (SSSR count). The lowest BCUT2D eigenvalue weighted by Gasteiger charge is -2.29. The van der Waals surface area contributed by atoms with Gasteiger partial charge in [0.2, 0.25) is 0 Å². The third-order valence-electron chi connectivity index (χ3n) is 5.61. The second kappa shape index (κ2) is 11.1. The fourth-order valence-electron chi connectivity index (χ4n) is 3.61. The highest BCUT2D eigenvalue weighted by Gasteiger charge is 2.28. The number of ether oxygens (including phenoxy) is 2. The number of carbonyl (C=O) groups excluding carboxylic acids is 3. The number of furan rings is 1. The summed E-state index contributed by atoms with van der Waals surface area (Å²) in [6.45, 7) is 4.35. The zero-order valence-electron chi connectivity index (χ0n) is 20.1. The van der Waals surface area contributed by atoms with Crippen LogP contribution in [0, 0.1) is 11.7 Å². The van der Waals surface area contributed by atoms with Crippen LogP contribution in [0.15, 0.2) is 59.0 Å². The van der Waals surface area contributed by atoms with Gasteiger partial charge in [-0.15, -0.1) is 0 Å². The Bertz CT molecular complexity index is 1250. The number of fused-ring (bicyclic) bond motifs is 1. The molecule has 2 aromatic carbocycles. The van der Waals surface area contributed by atoms with Crippen LogP contribution in [0.2, 0.25) is 0 Å². The smallest absolute Gasteiger partial charge is 0.286 e. The quantitative estimate of drug-likeness (QED) is 0.420. The van der Waals surface area contributed by atoms with Crippen LogP contribution in [-0.2, 0) is 11.3 Å². The highest BCUT2D eigenvalue weighted by Crippen LogP contribution is 2.34. The molecule has 0 saturated heterocycles. The molecular formula is C27H27FN2O6. The number of ketones is 1. The topological polar surface area (TPSA) is 98.1 Å². The molecule has 0 bridgehead atoms. The van der Waals surface area contributed by atoms with E-state index in [4.69, 9.17) is 13.9 Å². The number of benzene rings is 2. The van der Waals surface area contributed by atoms with E-state index >= 15 is 0 Å². The first-order valence-electron chi connectivity index (χ1n) is 11.7. The first-order chi connectivity index (χ1) is 17.3. The monoisotopic (exact) mass is 494 g/mol. The van der Waals surface area contributed by atoms with Crippen molar-refractivity contribution in [2.75, 3.05) is 24.7 Å². The molecule has 2 amide bonds. The van der Waals surface area contributed by atoms with Gasteiger partial charge in [0, 0.05) is 12.1 Å². The van der Waals surface area contributed by atoms with Crippen molar-refractivity contribution in [2.45, 2.75) is 26.8 Å². The van der Waals surface area contributed by atoms with E-state index < -0.39 is 5.82 Å². The SMILES string of the molecule is CC(C)CCNC(=O)c1ccc(CN2C(=O)COc3ccc(C(=O)COc4ccc(F)cc4)cc32)o1. The lowest BCUT2D eigenvalue weighted by Crippen LogP contribution is -2.38. The summed E-state index contributed by atoms with van der Waals surface area (Å²) in [6.07, 6.45) is 0.856. The lowest BCUT2D eigenvalue weighted by molar-refractivity contribution is -0.121. The summed E-state index contributed by atoms with van der Waals surface area (Å²) in [5.41, 5.74) is 0.738. The molecule has 9 heteroatoms. The van der Waals surface area contributed by atoms with E-state index in [9.17, 15) is 18.8 Å². The van der Waals surface area contributed by atoms with Gasteiger partial charge in [0.05, 0.1) is 12.2 Å². The Morgan fingerprint density at radius 3 is 2.64 bits per heavy atom. The summed E-state index contributed by atoms with van der Waals surface area (Å²) in [4.78, 5) is 39.2. The third kappa shape index (κ3) is 6.10. The Kier molecular flexibility index (Phi) is 7.68. The number of hydrogen-bond acceptors (Lipinski definition) is 6. The maximum absolute atomic E-state index is 13.1. The Morgan fingerprint density at radius 1 is 1.11 bits per heavy atom. The number of halogens is 1. The molecular weight excluding hydrogens is 467 g/mol. The maximum atomic E-state index is 13.1. The fraction of sp³-hybridized carbons (Fsp3) is 0.296. The number of hydrogen-bond donors (Lipinski definition) is 1. The van der Waals surface area contributed by atoms with Crippen molar-refractivity contribution in [3.63, 3.8) is 0 Å². The van der Waals surface area contributed by atoms with Gasteiger partial charge in [0.15, 0.2) is 24.8 Å². The Hall–Kier alpha value is -4.14. The average molecular weight is 495 g/mol. The Morgan fingerprint density at radius 2 is 1.89 bits per heavy atom. The minimum Gasteiger partial charge on any atom is -0.485 e. The molecule has 0 atom stereocenters. The largest absolute Gasteiger partial charge is 0.485 e. The van der Waals surface area contributed by atoms with Gasteiger partial charge in [-0.25, -0.2) is 4.39 Å². The van der Waals surface area contributed by atoms with Crippen LogP contribution in [-0.4, -0.2) is 37.4 Å². The minimum absolute atomic E-state index is 0.0676. The molecule has 0 saturated carbocycles. The van der Waals surface area contributed by atoms with Crippen LogP contribution < -0.4 is 19.7 Å². The fourth-order valence-corrected chi connectivity index (χ4v) is 3.61. The lowest BCUT2D eigenvalue weighted by atomic mass is 10.1. The number of nitrogens with zero attached hydrogens (tertiary/aromatic N) is 1. The van der Waals surface area contributed by atoms with E-state index in [-0.39, 0.29) is 43.1 Å². The van der Waals surface area contributed by atoms with Crippen LogP contribution in [0.3, 0.4) is 0 Å². The standard InChI is InChI=1S/C27H27FN2O6/c1-17(2)11-12-29-27(33)25-10-8-21(36-25)14-30-22-13-18(3-9-24(22)35-16-26(30)32)23(31)15-34-20-6-4-19(28)5-7-20/h3-10,13,17H,11-12,14-16H2,1-2H3,(H,29,33). The van der Waals surface area contributed by atoms with Crippen molar-refractivity contribution < 1.29 is 32.7 Å². The van der Waals surface area contributed by atoms with Crippen LogP contribution >= 0.6 is 0 Å². The number of Topliss-reactive ketones (excluding diaryl/α,β-unsaturated/α-hetero) is 1. The second-order valence-electron chi connectivity index (χ2n) is 8.82. The van der Waals surface area contributed by atoms with Crippen molar-refractivity contribution in [1.29, 1.82) is 0 Å². The molecule has 0 spiro atoms. The summed E-state index contributed by atoms with van der Waals surface area (Å²) in [5.74, 6) is 0.517. The molecule has 3 aromatic rings. The molecule has 1 N–H and O–H groups in total. The van der Waals surface area contributed by atoms with Gasteiger partial charge in [-0.1, -0.05) is 13.8 Å². The van der Waals surface area contributed by atoms with Crippen molar-refractivity contribution in [3.8, 4) is 11.5 Å². The van der Waals surface area contributed by atoms with E-state index in [0.717, 1.165) is 6.42 Å². The zero-order chi connectivity index (χ0) is 25.7. The van der Waals surface area contributed by atoms with E-state index in [1.807, 2.05) is 0 Å². The average Bonchev–Trinajstić information content (AvgIpc) is 3.33. The molecule has 0 aliphatic carbocycles. The first kappa shape index (κ1) is 25.0. The number of nitrogens with one attached hydrogen (secondary N) is 1. The number of anilines is 1. The summed E-state index contributed by atoms with van der Waals surface area (Å²) in [6, 6.07) is 13.3. The van der Waals surface area contributed by atoms with Gasteiger partial charge in [0.1, 0.15) is 23.1 Å². The molecule has 8 nitrogen and oxygen atoms in total. The second-order valence-corrected chi connectivity index (χ2v) is 8.82. The molecule has 2 heterocycles. The van der Waals surface area contributed by atoms with Crippen LogP contribution in [0.5, 0.6) is 11.5 Å². The van der Waals surface area contributed by atoms with Crippen molar-refractivity contribution in [1.82, 2.24) is 5.32 Å². The molecule has 0 unspecified atom stereocenters. The summed E-state index contributed by atoms with van der Waals surface area (Å²) in [5, 5.41) is 2.82. The van der Waals surface area contributed by atoms with Gasteiger partial charge in [-0.3, -0.25) is 19.3 Å². The first-order valence-corrected chi connectivity index (χ1v) is 11.7. The summed E-state index contributed by atoms with van der Waals surface area (Å²) < 4.78 is 29.7. The van der Waals surface area contributed by atoms with Gasteiger partial charge in [0.25, 0.3) is 11.8 Å². The molecule has 1 aliphatic heterocycles. The molecule has 0 radical (unpaired) electrons. The molecule has 1 aromatic heterocycles. The van der Waals surface area contributed by atoms with E-state index in [1.165, 1.54) is 29.2 Å². The van der Waals surface area contributed by atoms with E-state index in [2.05, 4.69) is 19.2 Å². The summed E-state index contributed by atoms with van der Waals surface area (Å²) >= 11 is 0. The predicted octanol–water partition coefficient (Wildman–Crippen LogP) is 4.38. The van der Waals surface area contributed by atoms with Gasteiger partial charge in [-0.05, 0) is 66.9 Å².